The Morgan fingerprint density at radius 1 is 0.432 bits per heavy atom. The van der Waals surface area contributed by atoms with Gasteiger partial charge in [-0.2, -0.15) is 0 Å². The molecule has 0 aliphatic rings. The smallest absolute Gasteiger partial charge is 0.136 e. The van der Waals surface area contributed by atoms with Crippen LogP contribution < -0.4 is 0 Å². The van der Waals surface area contributed by atoms with Gasteiger partial charge in [-0.25, -0.2) is 4.98 Å². The third-order valence-electron chi connectivity index (χ3n) is 9.00. The second-order valence-corrected chi connectivity index (χ2v) is 12.6. The van der Waals surface area contributed by atoms with Crippen molar-refractivity contribution in [2.45, 2.75) is 0 Å². The topological polar surface area (TPSA) is 26.0 Å². The van der Waals surface area contributed by atoms with E-state index in [2.05, 4.69) is 121 Å². The average Bonchev–Trinajstić information content (AvgIpc) is 3.68. The SMILES string of the molecule is c1ccc2sc(-c3ccc(-c4cc5ccc6cc(-c7ccc8c(c7)oc7ccccc78)cc7ccc(c4)c5c67)cc3)nc2c1. The van der Waals surface area contributed by atoms with Gasteiger partial charge in [0.1, 0.15) is 16.2 Å². The number of furan rings is 1. The molecule has 0 spiro atoms. The molecule has 0 aliphatic heterocycles. The maximum Gasteiger partial charge on any atom is 0.136 e. The van der Waals surface area contributed by atoms with Gasteiger partial charge in [-0.05, 0) is 109 Å². The summed E-state index contributed by atoms with van der Waals surface area (Å²) in [6, 6.07) is 50.4. The van der Waals surface area contributed by atoms with Crippen LogP contribution >= 0.6 is 11.3 Å². The van der Waals surface area contributed by atoms with Crippen LogP contribution in [0.25, 0.3) is 97.3 Å². The van der Waals surface area contributed by atoms with Crippen LogP contribution in [-0.4, -0.2) is 4.98 Å². The second kappa shape index (κ2) is 9.00. The molecule has 204 valence electrons. The third-order valence-corrected chi connectivity index (χ3v) is 10.1. The predicted molar refractivity (Wildman–Crippen MR) is 187 cm³/mol. The number of hydrogen-bond acceptors (Lipinski definition) is 3. The minimum atomic E-state index is 0.925. The first kappa shape index (κ1) is 24.0. The van der Waals surface area contributed by atoms with Crippen molar-refractivity contribution in [1.82, 2.24) is 4.98 Å². The van der Waals surface area contributed by atoms with Crippen LogP contribution in [0.1, 0.15) is 0 Å². The Morgan fingerprint density at radius 3 is 1.70 bits per heavy atom. The van der Waals surface area contributed by atoms with Gasteiger partial charge in [-0.15, -0.1) is 11.3 Å². The zero-order valence-electron chi connectivity index (χ0n) is 23.5. The molecule has 10 rings (SSSR count). The van der Waals surface area contributed by atoms with E-state index in [0.717, 1.165) is 38.0 Å². The number of fused-ring (bicyclic) bond motifs is 4. The Balaban J connectivity index is 1.05. The van der Waals surface area contributed by atoms with E-state index in [0.29, 0.717) is 0 Å². The minimum Gasteiger partial charge on any atom is -0.456 e. The molecule has 3 heteroatoms. The van der Waals surface area contributed by atoms with Gasteiger partial charge < -0.3 is 4.42 Å². The first-order chi connectivity index (χ1) is 21.7. The Kier molecular flexibility index (Phi) is 4.90. The number of thiazole rings is 1. The number of benzene rings is 8. The highest BCUT2D eigenvalue weighted by Crippen LogP contribution is 2.41. The minimum absolute atomic E-state index is 0.925. The van der Waals surface area contributed by atoms with Crippen molar-refractivity contribution in [1.29, 1.82) is 0 Å². The predicted octanol–water partition coefficient (Wildman–Crippen LogP) is 12.1. The van der Waals surface area contributed by atoms with E-state index in [1.807, 2.05) is 18.2 Å². The molecule has 0 saturated carbocycles. The fourth-order valence-corrected chi connectivity index (χ4v) is 7.85. The largest absolute Gasteiger partial charge is 0.456 e. The average molecular weight is 578 g/mol. The molecule has 2 aromatic heterocycles. The summed E-state index contributed by atoms with van der Waals surface area (Å²) in [4.78, 5) is 4.84. The van der Waals surface area contributed by atoms with Gasteiger partial charge in [-0.1, -0.05) is 84.9 Å². The van der Waals surface area contributed by atoms with E-state index >= 15 is 0 Å². The van der Waals surface area contributed by atoms with Crippen molar-refractivity contribution in [3.63, 3.8) is 0 Å². The van der Waals surface area contributed by atoms with E-state index in [-0.39, 0.29) is 0 Å². The molecule has 0 fully saturated rings. The van der Waals surface area contributed by atoms with Crippen LogP contribution in [0.5, 0.6) is 0 Å². The summed E-state index contributed by atoms with van der Waals surface area (Å²) in [5, 5.41) is 11.1. The molecule has 10 aromatic rings. The molecule has 0 aliphatic carbocycles. The molecule has 0 atom stereocenters. The molecule has 0 N–H and O–H groups in total. The van der Waals surface area contributed by atoms with E-state index in [1.54, 1.807) is 11.3 Å². The van der Waals surface area contributed by atoms with E-state index < -0.39 is 0 Å². The number of nitrogens with zero attached hydrogens (tertiary/aromatic N) is 1. The van der Waals surface area contributed by atoms with Crippen LogP contribution in [0.2, 0.25) is 0 Å². The summed E-state index contributed by atoms with van der Waals surface area (Å²) in [7, 11) is 0. The lowest BCUT2D eigenvalue weighted by Gasteiger charge is -2.14. The van der Waals surface area contributed by atoms with Crippen molar-refractivity contribution >= 4 is 75.8 Å². The molecule has 0 unspecified atom stereocenters. The summed E-state index contributed by atoms with van der Waals surface area (Å²) >= 11 is 1.74. The van der Waals surface area contributed by atoms with E-state index in [4.69, 9.17) is 9.40 Å². The molecular formula is C41H23NOS. The van der Waals surface area contributed by atoms with Crippen molar-refractivity contribution in [2.24, 2.45) is 0 Å². The lowest BCUT2D eigenvalue weighted by molar-refractivity contribution is 0.669. The molecule has 2 nitrogen and oxygen atoms in total. The first-order valence-electron chi connectivity index (χ1n) is 14.9. The van der Waals surface area contributed by atoms with Crippen LogP contribution in [0.3, 0.4) is 0 Å². The number of aromatic nitrogens is 1. The van der Waals surface area contributed by atoms with Gasteiger partial charge in [0.05, 0.1) is 10.2 Å². The summed E-state index contributed by atoms with van der Waals surface area (Å²) in [6.45, 7) is 0. The molecule has 0 radical (unpaired) electrons. The van der Waals surface area contributed by atoms with E-state index in [9.17, 15) is 0 Å². The summed E-state index contributed by atoms with van der Waals surface area (Å²) in [5.41, 5.74) is 8.87. The third kappa shape index (κ3) is 3.57. The Bertz CT molecular complexity index is 2610. The highest BCUT2D eigenvalue weighted by atomic mass is 32.1. The quantitative estimate of drug-likeness (QED) is 0.195. The highest BCUT2D eigenvalue weighted by Gasteiger charge is 2.14. The van der Waals surface area contributed by atoms with Gasteiger partial charge in [0.2, 0.25) is 0 Å². The molecule has 44 heavy (non-hydrogen) atoms. The Hall–Kier alpha value is -5.51. The van der Waals surface area contributed by atoms with Crippen LogP contribution in [0.15, 0.2) is 144 Å². The van der Waals surface area contributed by atoms with Crippen molar-refractivity contribution in [3.05, 3.63) is 140 Å². The fourth-order valence-electron chi connectivity index (χ4n) is 6.88. The van der Waals surface area contributed by atoms with Gasteiger partial charge in [0.15, 0.2) is 0 Å². The van der Waals surface area contributed by atoms with Gasteiger partial charge >= 0.3 is 0 Å². The number of hydrogen-bond donors (Lipinski definition) is 0. The van der Waals surface area contributed by atoms with Gasteiger partial charge in [-0.3, -0.25) is 0 Å². The highest BCUT2D eigenvalue weighted by molar-refractivity contribution is 7.21. The summed E-state index contributed by atoms with van der Waals surface area (Å²) in [6.07, 6.45) is 0. The molecular weight excluding hydrogens is 555 g/mol. The van der Waals surface area contributed by atoms with Crippen LogP contribution in [-0.2, 0) is 0 Å². The summed E-state index contributed by atoms with van der Waals surface area (Å²) < 4.78 is 7.42. The van der Waals surface area contributed by atoms with Crippen molar-refractivity contribution < 1.29 is 4.42 Å². The number of para-hydroxylation sites is 2. The monoisotopic (exact) mass is 577 g/mol. The molecule has 0 amide bonds. The Labute approximate surface area is 256 Å². The van der Waals surface area contributed by atoms with E-state index in [1.165, 1.54) is 59.3 Å². The molecule has 8 aromatic carbocycles. The lowest BCUT2D eigenvalue weighted by atomic mass is 9.89. The second-order valence-electron chi connectivity index (χ2n) is 11.6. The molecule has 0 bridgehead atoms. The zero-order chi connectivity index (χ0) is 28.8. The fraction of sp³-hybridized carbons (Fsp3) is 0. The first-order valence-corrected chi connectivity index (χ1v) is 15.7. The maximum absolute atomic E-state index is 6.20. The zero-order valence-corrected chi connectivity index (χ0v) is 24.4. The summed E-state index contributed by atoms with van der Waals surface area (Å²) in [5.74, 6) is 0. The maximum atomic E-state index is 6.20. The van der Waals surface area contributed by atoms with Crippen LogP contribution in [0.4, 0.5) is 0 Å². The Morgan fingerprint density at radius 2 is 1.00 bits per heavy atom. The van der Waals surface area contributed by atoms with Gasteiger partial charge in [0.25, 0.3) is 0 Å². The van der Waals surface area contributed by atoms with Gasteiger partial charge in [0, 0.05) is 16.3 Å². The number of rotatable bonds is 3. The lowest BCUT2D eigenvalue weighted by Crippen LogP contribution is -1.88. The van der Waals surface area contributed by atoms with Crippen molar-refractivity contribution in [2.75, 3.05) is 0 Å². The molecule has 2 heterocycles. The standard InChI is InChI=1S/C41H23NOS/c1-3-7-36-33(5-1)34-18-17-26(23-37(34)43-36)32-21-29-15-13-27-19-31(20-28-14-16-30(22-32)40(29)39(27)28)24-9-11-25(12-10-24)41-42-35-6-2-4-8-38(35)44-41/h1-23H. The van der Waals surface area contributed by atoms with Crippen molar-refractivity contribution in [3.8, 4) is 32.8 Å². The normalized spacial score (nSPS) is 12.1. The van der Waals surface area contributed by atoms with Crippen LogP contribution in [0, 0.1) is 0 Å². The molecule has 0 saturated heterocycles.